The number of amides is 1. The van der Waals surface area contributed by atoms with Gasteiger partial charge in [-0.25, -0.2) is 4.98 Å². The molecule has 1 atom stereocenters. The molecule has 4 rings (SSSR count). The van der Waals surface area contributed by atoms with Crippen LogP contribution in [0.1, 0.15) is 87.4 Å². The van der Waals surface area contributed by atoms with E-state index in [1.165, 1.54) is 44.9 Å². The number of aliphatic hydroxyl groups excluding tert-OH is 1. The number of anilines is 1. The van der Waals surface area contributed by atoms with Crippen LogP contribution in [0, 0.1) is 5.92 Å². The molecule has 1 aromatic heterocycles. The van der Waals surface area contributed by atoms with Gasteiger partial charge in [-0.1, -0.05) is 32.1 Å². The Morgan fingerprint density at radius 3 is 2.55 bits per heavy atom. The molecule has 3 fully saturated rings. The average Bonchev–Trinajstić information content (AvgIpc) is 3.27. The number of hydrogen-bond acceptors (Lipinski definition) is 6. The Morgan fingerprint density at radius 2 is 1.81 bits per heavy atom. The number of pyridine rings is 1. The van der Waals surface area contributed by atoms with Gasteiger partial charge in [0.2, 0.25) is 0 Å². The second kappa shape index (κ2) is 11.0. The van der Waals surface area contributed by atoms with Crippen LogP contribution in [0.4, 0.5) is 5.82 Å². The number of aliphatic hydroxyl groups is 2. The normalized spacial score (nSPS) is 23.5. The molecule has 2 aliphatic carbocycles. The van der Waals surface area contributed by atoms with E-state index in [1.807, 2.05) is 12.1 Å². The predicted octanol–water partition coefficient (Wildman–Crippen LogP) is 4.10. The number of aromatic nitrogens is 1. The van der Waals surface area contributed by atoms with Crippen molar-refractivity contribution < 1.29 is 15.0 Å². The molecule has 31 heavy (non-hydrogen) atoms. The number of carbonyl (C=O) groups excluding carboxylic acids is 1. The van der Waals surface area contributed by atoms with Gasteiger partial charge in [0, 0.05) is 30.8 Å². The van der Waals surface area contributed by atoms with E-state index in [2.05, 4.69) is 10.2 Å². The number of thioether (sulfide) groups is 1. The number of carbonyl (C=O) groups is 1. The molecule has 0 aromatic carbocycles. The topological polar surface area (TPSA) is 85.7 Å². The van der Waals surface area contributed by atoms with Gasteiger partial charge in [0.1, 0.15) is 10.8 Å². The van der Waals surface area contributed by atoms with Crippen LogP contribution in [0.5, 0.6) is 0 Å². The van der Waals surface area contributed by atoms with Crippen LogP contribution in [0.15, 0.2) is 17.2 Å². The van der Waals surface area contributed by atoms with E-state index in [0.29, 0.717) is 17.2 Å². The maximum absolute atomic E-state index is 13.1. The van der Waals surface area contributed by atoms with Crippen LogP contribution >= 0.6 is 11.8 Å². The lowest BCUT2D eigenvalue weighted by Gasteiger charge is -2.34. The van der Waals surface area contributed by atoms with Gasteiger partial charge in [-0.2, -0.15) is 0 Å². The lowest BCUT2D eigenvalue weighted by Crippen LogP contribution is -2.38. The Kier molecular flexibility index (Phi) is 8.13. The van der Waals surface area contributed by atoms with Crippen molar-refractivity contribution in [2.45, 2.75) is 99.7 Å². The fourth-order valence-electron chi connectivity index (χ4n) is 5.31. The quantitative estimate of drug-likeness (QED) is 0.546. The zero-order valence-electron chi connectivity index (χ0n) is 18.5. The Balaban J connectivity index is 1.51. The second-order valence-corrected chi connectivity index (χ2v) is 10.8. The summed E-state index contributed by atoms with van der Waals surface area (Å²) in [7, 11) is 0. The minimum atomic E-state index is -1.25. The standard InChI is InChI=1S/C24H37N3O3S/c28-22(29)15-17-7-6-14-27(16-17)21-13-12-20(23(30)25-18-8-2-1-3-9-18)24(26-21)31-19-10-4-5-11-19/h12-13,17-19,22,28-29H,1-11,14-16H2,(H,25,30)/t17-/m1/s1. The predicted molar refractivity (Wildman–Crippen MR) is 124 cm³/mol. The number of nitrogens with one attached hydrogen (secondary N) is 1. The Bertz CT molecular complexity index is 733. The Hall–Kier alpha value is -1.31. The molecule has 0 spiro atoms. The molecule has 7 heteroatoms. The number of rotatable bonds is 7. The SMILES string of the molecule is O=C(NC1CCCCC1)c1ccc(N2CCC[C@H](CC(O)O)C2)nc1SC1CCCC1. The van der Waals surface area contributed by atoms with Crippen LogP contribution in [0.2, 0.25) is 0 Å². The summed E-state index contributed by atoms with van der Waals surface area (Å²) in [6.07, 6.45) is 11.9. The van der Waals surface area contributed by atoms with Gasteiger partial charge < -0.3 is 20.4 Å². The minimum absolute atomic E-state index is 0.0198. The van der Waals surface area contributed by atoms with Crippen LogP contribution in [0.25, 0.3) is 0 Å². The molecule has 172 valence electrons. The largest absolute Gasteiger partial charge is 0.368 e. The average molecular weight is 448 g/mol. The molecular formula is C24H37N3O3S. The smallest absolute Gasteiger partial charge is 0.254 e. The van der Waals surface area contributed by atoms with Gasteiger partial charge in [-0.05, 0) is 56.6 Å². The molecule has 2 saturated carbocycles. The second-order valence-electron chi connectivity index (χ2n) is 9.53. The molecule has 6 nitrogen and oxygen atoms in total. The van der Waals surface area contributed by atoms with Crippen LogP contribution in [-0.4, -0.2) is 51.8 Å². The zero-order valence-corrected chi connectivity index (χ0v) is 19.3. The lowest BCUT2D eigenvalue weighted by molar-refractivity contribution is -0.0568. The van der Waals surface area contributed by atoms with Gasteiger partial charge in [0.15, 0.2) is 6.29 Å². The molecule has 0 unspecified atom stereocenters. The molecule has 3 aliphatic rings. The highest BCUT2D eigenvalue weighted by atomic mass is 32.2. The summed E-state index contributed by atoms with van der Waals surface area (Å²) in [5.74, 6) is 1.19. The molecule has 3 N–H and O–H groups in total. The molecule has 1 aromatic rings. The number of hydrogen-bond donors (Lipinski definition) is 3. The van der Waals surface area contributed by atoms with Crippen LogP contribution in [-0.2, 0) is 0 Å². The first-order valence-corrected chi connectivity index (χ1v) is 13.1. The third-order valence-corrected chi connectivity index (χ3v) is 8.34. The van der Waals surface area contributed by atoms with Crippen molar-refractivity contribution in [1.82, 2.24) is 10.3 Å². The highest BCUT2D eigenvalue weighted by molar-refractivity contribution is 7.99. The van der Waals surface area contributed by atoms with E-state index in [4.69, 9.17) is 4.98 Å². The Morgan fingerprint density at radius 1 is 1.06 bits per heavy atom. The van der Waals surface area contributed by atoms with E-state index < -0.39 is 6.29 Å². The van der Waals surface area contributed by atoms with Crippen molar-refractivity contribution in [1.29, 1.82) is 0 Å². The van der Waals surface area contributed by atoms with Crippen LogP contribution < -0.4 is 10.2 Å². The third kappa shape index (κ3) is 6.36. The van der Waals surface area contributed by atoms with Gasteiger partial charge >= 0.3 is 0 Å². The van der Waals surface area contributed by atoms with E-state index >= 15 is 0 Å². The van der Waals surface area contributed by atoms with Crippen LogP contribution in [0.3, 0.4) is 0 Å². The summed E-state index contributed by atoms with van der Waals surface area (Å²) in [6.45, 7) is 1.71. The summed E-state index contributed by atoms with van der Waals surface area (Å²) in [5, 5.41) is 23.4. The monoisotopic (exact) mass is 447 g/mol. The number of nitrogens with zero attached hydrogens (tertiary/aromatic N) is 2. The molecule has 1 aliphatic heterocycles. The maximum Gasteiger partial charge on any atom is 0.254 e. The van der Waals surface area contributed by atoms with E-state index in [-0.39, 0.29) is 17.9 Å². The first-order valence-electron chi connectivity index (χ1n) is 12.2. The zero-order chi connectivity index (χ0) is 21.6. The first kappa shape index (κ1) is 22.9. The lowest BCUT2D eigenvalue weighted by atomic mass is 9.94. The molecule has 1 amide bonds. The first-order chi connectivity index (χ1) is 15.1. The maximum atomic E-state index is 13.1. The molecule has 2 heterocycles. The summed E-state index contributed by atoms with van der Waals surface area (Å²) >= 11 is 1.78. The molecule has 0 radical (unpaired) electrons. The van der Waals surface area contributed by atoms with E-state index in [9.17, 15) is 15.0 Å². The summed E-state index contributed by atoms with van der Waals surface area (Å²) in [5.41, 5.74) is 0.713. The van der Waals surface area contributed by atoms with Gasteiger partial charge in [0.05, 0.1) is 5.56 Å². The van der Waals surface area contributed by atoms with Crippen molar-refractivity contribution in [2.75, 3.05) is 18.0 Å². The van der Waals surface area contributed by atoms with Gasteiger partial charge in [-0.15, -0.1) is 11.8 Å². The third-order valence-electron chi connectivity index (χ3n) is 7.00. The fraction of sp³-hybridized carbons (Fsp3) is 0.750. The Labute approximate surface area is 190 Å². The van der Waals surface area contributed by atoms with Crippen molar-refractivity contribution in [3.05, 3.63) is 17.7 Å². The molecule has 0 bridgehead atoms. The van der Waals surface area contributed by atoms with E-state index in [1.54, 1.807) is 11.8 Å². The van der Waals surface area contributed by atoms with Crippen molar-refractivity contribution in [3.63, 3.8) is 0 Å². The van der Waals surface area contributed by atoms with Crippen molar-refractivity contribution in [3.8, 4) is 0 Å². The van der Waals surface area contributed by atoms with Crippen molar-refractivity contribution >= 4 is 23.5 Å². The summed E-state index contributed by atoms with van der Waals surface area (Å²) in [4.78, 5) is 20.4. The fourth-order valence-corrected chi connectivity index (χ4v) is 6.63. The molecule has 1 saturated heterocycles. The van der Waals surface area contributed by atoms with Gasteiger partial charge in [0.25, 0.3) is 5.91 Å². The summed E-state index contributed by atoms with van der Waals surface area (Å²) in [6, 6.07) is 4.23. The van der Waals surface area contributed by atoms with E-state index in [0.717, 1.165) is 49.6 Å². The number of piperidine rings is 1. The molecular weight excluding hydrogens is 410 g/mol. The highest BCUT2D eigenvalue weighted by Crippen LogP contribution is 2.37. The van der Waals surface area contributed by atoms with Gasteiger partial charge in [-0.3, -0.25) is 4.79 Å². The minimum Gasteiger partial charge on any atom is -0.368 e. The van der Waals surface area contributed by atoms with Crippen molar-refractivity contribution in [2.24, 2.45) is 5.92 Å². The summed E-state index contributed by atoms with van der Waals surface area (Å²) < 4.78 is 0. The highest BCUT2D eigenvalue weighted by Gasteiger charge is 2.26.